The van der Waals surface area contributed by atoms with Crippen LogP contribution < -0.4 is 0 Å². The molecule has 0 spiro atoms. The van der Waals surface area contributed by atoms with Crippen molar-refractivity contribution in [3.63, 3.8) is 0 Å². The number of hydrogen-bond acceptors (Lipinski definition) is 3. The fraction of sp³-hybridized carbons (Fsp3) is 0.286. The third-order valence-corrected chi connectivity index (χ3v) is 4.71. The van der Waals surface area contributed by atoms with Crippen molar-refractivity contribution in [1.29, 1.82) is 0 Å². The minimum Gasteiger partial charge on any atom is -0.481 e. The zero-order valence-corrected chi connectivity index (χ0v) is 15.3. The number of carbonyl (C=O) groups excluding carboxylic acids is 1. The molecule has 0 saturated carbocycles. The second kappa shape index (κ2) is 6.75. The highest BCUT2D eigenvalue weighted by Crippen LogP contribution is 2.33. The Labute approximate surface area is 152 Å². The monoisotopic (exact) mass is 350 g/mol. The van der Waals surface area contributed by atoms with E-state index < -0.39 is 11.9 Å². The number of rotatable bonds is 5. The molecule has 2 aromatic heterocycles. The lowest BCUT2D eigenvalue weighted by Gasteiger charge is -2.10. The van der Waals surface area contributed by atoms with Crippen molar-refractivity contribution in [1.82, 2.24) is 9.97 Å². The van der Waals surface area contributed by atoms with Crippen LogP contribution in [0.3, 0.4) is 0 Å². The number of benzene rings is 1. The third kappa shape index (κ3) is 3.12. The van der Waals surface area contributed by atoms with Gasteiger partial charge in [0.2, 0.25) is 5.78 Å². The molecule has 5 nitrogen and oxygen atoms in total. The minimum atomic E-state index is -0.966. The molecule has 3 rings (SSSR count). The molecule has 134 valence electrons. The van der Waals surface area contributed by atoms with Crippen LogP contribution in [0.1, 0.15) is 65.5 Å². The van der Waals surface area contributed by atoms with Gasteiger partial charge in [0.25, 0.3) is 0 Å². The molecule has 5 heteroatoms. The fourth-order valence-corrected chi connectivity index (χ4v) is 3.13. The van der Waals surface area contributed by atoms with E-state index in [4.69, 9.17) is 0 Å². The molecule has 2 N–H and O–H groups in total. The normalized spacial score (nSPS) is 12.5. The van der Waals surface area contributed by atoms with Crippen LogP contribution in [0.2, 0.25) is 0 Å². The number of aryl methyl sites for hydroxylation is 1. The number of aliphatic carboxylic acids is 1. The molecule has 1 unspecified atom stereocenters. The van der Waals surface area contributed by atoms with Crippen LogP contribution in [0.4, 0.5) is 0 Å². The maximum absolute atomic E-state index is 13.0. The van der Waals surface area contributed by atoms with Crippen LogP contribution in [-0.4, -0.2) is 26.8 Å². The lowest BCUT2D eigenvalue weighted by Crippen LogP contribution is -2.13. The second-order valence-electron chi connectivity index (χ2n) is 6.98. The summed E-state index contributed by atoms with van der Waals surface area (Å²) in [6, 6.07) is 9.41. The molecule has 0 aliphatic carbocycles. The summed E-state index contributed by atoms with van der Waals surface area (Å²) in [5.41, 5.74) is 3.91. The van der Waals surface area contributed by atoms with Gasteiger partial charge in [-0.25, -0.2) is 0 Å². The second-order valence-corrected chi connectivity index (χ2v) is 6.98. The first kappa shape index (κ1) is 17.9. The Morgan fingerprint density at radius 3 is 2.46 bits per heavy atom. The number of pyridine rings is 1. The van der Waals surface area contributed by atoms with Crippen molar-refractivity contribution in [3.8, 4) is 0 Å². The number of carboxylic acids is 1. The first-order valence-electron chi connectivity index (χ1n) is 8.65. The Morgan fingerprint density at radius 2 is 1.85 bits per heavy atom. The molecule has 26 heavy (non-hydrogen) atoms. The number of fused-ring (bicyclic) bond motifs is 1. The average molecular weight is 350 g/mol. The van der Waals surface area contributed by atoms with E-state index in [1.807, 2.05) is 31.2 Å². The highest BCUT2D eigenvalue weighted by atomic mass is 16.4. The van der Waals surface area contributed by atoms with Gasteiger partial charge in [0.05, 0.1) is 11.6 Å². The Kier molecular flexibility index (Phi) is 4.64. The lowest BCUT2D eigenvalue weighted by molar-refractivity contribution is -0.138. The number of nitrogens with zero attached hydrogens (tertiary/aromatic N) is 1. The van der Waals surface area contributed by atoms with Crippen molar-refractivity contribution in [2.75, 3.05) is 0 Å². The van der Waals surface area contributed by atoms with Crippen LogP contribution in [0.5, 0.6) is 0 Å². The summed E-state index contributed by atoms with van der Waals surface area (Å²) >= 11 is 0. The summed E-state index contributed by atoms with van der Waals surface area (Å²) in [6.45, 7) is 7.65. The predicted octanol–water partition coefficient (Wildman–Crippen LogP) is 4.41. The number of carboxylic acid groups (broad SMARTS) is 1. The topological polar surface area (TPSA) is 83.0 Å². The first-order valence-corrected chi connectivity index (χ1v) is 8.65. The van der Waals surface area contributed by atoms with Gasteiger partial charge >= 0.3 is 5.97 Å². The minimum absolute atomic E-state index is 0.293. The molecule has 0 fully saturated rings. The van der Waals surface area contributed by atoms with E-state index in [1.54, 1.807) is 19.2 Å². The van der Waals surface area contributed by atoms with Gasteiger partial charge in [-0.15, -0.1) is 0 Å². The van der Waals surface area contributed by atoms with Crippen LogP contribution in [0.15, 0.2) is 36.5 Å². The number of carbonyl (C=O) groups is 2. The van der Waals surface area contributed by atoms with Gasteiger partial charge in [-0.3, -0.25) is 14.6 Å². The summed E-state index contributed by atoms with van der Waals surface area (Å²) in [6.07, 6.45) is 1.59. The van der Waals surface area contributed by atoms with Crippen molar-refractivity contribution in [3.05, 3.63) is 64.6 Å². The molecule has 0 saturated heterocycles. The molecule has 1 atom stereocenters. The summed E-state index contributed by atoms with van der Waals surface area (Å²) in [5.74, 6) is -1.76. The summed E-state index contributed by atoms with van der Waals surface area (Å²) in [7, 11) is 0. The van der Waals surface area contributed by atoms with Gasteiger partial charge in [0.15, 0.2) is 0 Å². The molecule has 0 aliphatic rings. The van der Waals surface area contributed by atoms with Crippen molar-refractivity contribution >= 4 is 22.7 Å². The number of ketones is 1. The van der Waals surface area contributed by atoms with Crippen molar-refractivity contribution in [2.24, 2.45) is 0 Å². The van der Waals surface area contributed by atoms with Crippen molar-refractivity contribution < 1.29 is 14.7 Å². The smallest absolute Gasteiger partial charge is 0.310 e. The van der Waals surface area contributed by atoms with Crippen LogP contribution in [0.25, 0.3) is 10.9 Å². The third-order valence-electron chi connectivity index (χ3n) is 4.71. The van der Waals surface area contributed by atoms with E-state index in [-0.39, 0.29) is 5.78 Å². The van der Waals surface area contributed by atoms with E-state index in [0.29, 0.717) is 22.9 Å². The number of H-pyrrole nitrogens is 1. The van der Waals surface area contributed by atoms with Gasteiger partial charge < -0.3 is 10.1 Å². The Morgan fingerprint density at radius 1 is 1.12 bits per heavy atom. The van der Waals surface area contributed by atoms with Gasteiger partial charge in [-0.1, -0.05) is 19.9 Å². The zero-order chi connectivity index (χ0) is 19.0. The van der Waals surface area contributed by atoms with Crippen LogP contribution in [0, 0.1) is 6.92 Å². The molecule has 0 radical (unpaired) electrons. The SMILES string of the molecule is Cc1ccnc(C(=O)c2[nH]c3ccc(C(C)C)cc3c2C(C)C(=O)O)c1. The maximum Gasteiger partial charge on any atom is 0.310 e. The molecular weight excluding hydrogens is 328 g/mol. The number of aromatic amines is 1. The highest BCUT2D eigenvalue weighted by Gasteiger charge is 2.27. The first-order chi connectivity index (χ1) is 12.3. The molecule has 0 amide bonds. The van der Waals surface area contributed by atoms with Gasteiger partial charge in [0.1, 0.15) is 5.69 Å². The van der Waals surface area contributed by atoms with Gasteiger partial charge in [-0.2, -0.15) is 0 Å². The van der Waals surface area contributed by atoms with E-state index in [1.165, 1.54) is 0 Å². The average Bonchev–Trinajstić information content (AvgIpc) is 2.98. The lowest BCUT2D eigenvalue weighted by atomic mass is 9.93. The van der Waals surface area contributed by atoms with Crippen LogP contribution in [-0.2, 0) is 4.79 Å². The quantitative estimate of drug-likeness (QED) is 0.668. The zero-order valence-electron chi connectivity index (χ0n) is 15.3. The standard InChI is InChI=1S/C21H22N2O3/c1-11(2)14-5-6-16-15(10-14)18(13(4)21(25)26)19(23-16)20(24)17-9-12(3)7-8-22-17/h5-11,13,23H,1-4H3,(H,25,26). The Hall–Kier alpha value is -2.95. The van der Waals surface area contributed by atoms with E-state index in [2.05, 4.69) is 23.8 Å². The van der Waals surface area contributed by atoms with E-state index >= 15 is 0 Å². The molecule has 2 heterocycles. The fourth-order valence-electron chi connectivity index (χ4n) is 3.13. The highest BCUT2D eigenvalue weighted by molar-refractivity contribution is 6.12. The number of aromatic nitrogens is 2. The van der Waals surface area contributed by atoms with E-state index in [0.717, 1.165) is 22.0 Å². The molecule has 1 aromatic carbocycles. The van der Waals surface area contributed by atoms with Crippen molar-refractivity contribution in [2.45, 2.75) is 39.5 Å². The van der Waals surface area contributed by atoms with Gasteiger partial charge in [0, 0.05) is 22.7 Å². The molecule has 0 aliphatic heterocycles. The summed E-state index contributed by atoms with van der Waals surface area (Å²) in [4.78, 5) is 32.0. The summed E-state index contributed by atoms with van der Waals surface area (Å²) in [5, 5.41) is 10.4. The van der Waals surface area contributed by atoms with E-state index in [9.17, 15) is 14.7 Å². The Bertz CT molecular complexity index is 1000. The predicted molar refractivity (Wildman–Crippen MR) is 101 cm³/mol. The Balaban J connectivity index is 2.25. The number of nitrogens with one attached hydrogen (secondary N) is 1. The molecule has 0 bridgehead atoms. The molecule has 3 aromatic rings. The van der Waals surface area contributed by atoms with Gasteiger partial charge in [-0.05, 0) is 55.2 Å². The molecular formula is C21H22N2O3. The maximum atomic E-state index is 13.0. The largest absolute Gasteiger partial charge is 0.481 e. The summed E-state index contributed by atoms with van der Waals surface area (Å²) < 4.78 is 0. The number of hydrogen-bond donors (Lipinski definition) is 2. The van der Waals surface area contributed by atoms with Crippen LogP contribution >= 0.6 is 0 Å².